The number of aliphatic hydroxyl groups excluding tert-OH is 1. The van der Waals surface area contributed by atoms with E-state index in [2.05, 4.69) is 15.5 Å². The number of ketones is 1. The van der Waals surface area contributed by atoms with Gasteiger partial charge in [0, 0.05) is 52.1 Å². The highest BCUT2D eigenvalue weighted by Crippen LogP contribution is 2.41. The van der Waals surface area contributed by atoms with Crippen LogP contribution in [0.4, 0.5) is 4.79 Å². The first-order valence-electron chi connectivity index (χ1n) is 17.7. The number of hydrogen-bond donors (Lipinski definition) is 4. The second-order valence-electron chi connectivity index (χ2n) is 12.6. The third-order valence-electron chi connectivity index (χ3n) is 8.72. The van der Waals surface area contributed by atoms with Gasteiger partial charge in [-0.25, -0.2) is 4.79 Å². The molecule has 4 aromatic rings. The highest BCUT2D eigenvalue weighted by Gasteiger charge is 2.23. The molecule has 0 spiro atoms. The van der Waals surface area contributed by atoms with E-state index in [1.807, 2.05) is 31.2 Å². The number of aliphatic hydroxyl groups is 1. The number of nitrogens with one attached hydrogen (secondary N) is 2. The van der Waals surface area contributed by atoms with Gasteiger partial charge in [0.05, 0.1) is 6.10 Å². The van der Waals surface area contributed by atoms with Crippen molar-refractivity contribution >= 4 is 39.2 Å². The molecule has 5 rings (SSSR count). The Morgan fingerprint density at radius 3 is 2.33 bits per heavy atom. The second kappa shape index (κ2) is 19.1. The van der Waals surface area contributed by atoms with E-state index in [-0.39, 0.29) is 24.0 Å². The van der Waals surface area contributed by atoms with Crippen LogP contribution in [0.25, 0.3) is 20.5 Å². The van der Waals surface area contributed by atoms with Crippen molar-refractivity contribution in [2.24, 2.45) is 0 Å². The number of ether oxygens (including phenoxy) is 2. The van der Waals surface area contributed by atoms with Gasteiger partial charge < -0.3 is 30.3 Å². The first-order valence-corrected chi connectivity index (χ1v) is 18.5. The molecule has 1 aliphatic rings. The lowest BCUT2D eigenvalue weighted by atomic mass is 9.97. The highest BCUT2D eigenvalue weighted by molar-refractivity contribution is 7.22. The first kappa shape index (κ1) is 37.5. The normalized spacial score (nSPS) is 14.0. The molecule has 1 unspecified atom stereocenters. The topological polar surface area (TPSA) is 137 Å². The number of carbonyl (C=O) groups excluding carboxylic acids is 3. The van der Waals surface area contributed by atoms with Crippen LogP contribution in [0, 0.1) is 0 Å². The number of nitrogens with zero attached hydrogens (tertiary/aromatic N) is 1. The molecule has 270 valence electrons. The summed E-state index contributed by atoms with van der Waals surface area (Å²) in [6.45, 7) is 6.25. The van der Waals surface area contributed by atoms with Crippen LogP contribution in [0.1, 0.15) is 67.8 Å². The van der Waals surface area contributed by atoms with Crippen LogP contribution in [0.15, 0.2) is 78.9 Å². The molecule has 10 nitrogen and oxygen atoms in total. The first-order chi connectivity index (χ1) is 24.8. The van der Waals surface area contributed by atoms with Crippen LogP contribution in [-0.4, -0.2) is 78.3 Å². The van der Waals surface area contributed by atoms with Gasteiger partial charge in [0.25, 0.3) is 0 Å². The minimum absolute atomic E-state index is 0.0964. The van der Waals surface area contributed by atoms with Crippen LogP contribution >= 0.6 is 11.3 Å². The van der Waals surface area contributed by atoms with Crippen molar-refractivity contribution < 1.29 is 34.1 Å². The molecular weight excluding hydrogens is 667 g/mol. The van der Waals surface area contributed by atoms with Crippen LogP contribution < -0.4 is 20.1 Å². The molecule has 1 fully saturated rings. The number of rotatable bonds is 17. The van der Waals surface area contributed by atoms with Crippen molar-refractivity contribution in [3.8, 4) is 27.7 Å². The average molecular weight is 714 g/mol. The Morgan fingerprint density at radius 2 is 1.61 bits per heavy atom. The zero-order chi connectivity index (χ0) is 36.0. The Morgan fingerprint density at radius 1 is 0.902 bits per heavy atom. The third kappa shape index (κ3) is 11.1. The van der Waals surface area contributed by atoms with E-state index in [0.717, 1.165) is 46.6 Å². The zero-order valence-electron chi connectivity index (χ0n) is 29.1. The number of thiophene rings is 1. The van der Waals surface area contributed by atoms with Crippen LogP contribution in [0.2, 0.25) is 0 Å². The number of benzene rings is 3. The number of hydrogen-bond acceptors (Lipinski definition) is 9. The number of allylic oxidation sites excluding steroid dienone is 1. The summed E-state index contributed by atoms with van der Waals surface area (Å²) in [5, 5.41) is 26.3. The lowest BCUT2D eigenvalue weighted by Gasteiger charge is -2.26. The van der Waals surface area contributed by atoms with E-state index in [1.54, 1.807) is 54.6 Å². The molecule has 0 radical (unpaired) electrons. The van der Waals surface area contributed by atoms with Crippen LogP contribution in [0.5, 0.6) is 17.2 Å². The lowest BCUT2D eigenvalue weighted by Crippen LogP contribution is -2.33. The van der Waals surface area contributed by atoms with Crippen LogP contribution in [-0.2, 0) is 4.79 Å². The van der Waals surface area contributed by atoms with Crippen molar-refractivity contribution in [3.05, 3.63) is 90.0 Å². The van der Waals surface area contributed by atoms with Crippen molar-refractivity contribution in [1.29, 1.82) is 0 Å². The fourth-order valence-corrected chi connectivity index (χ4v) is 7.17. The zero-order valence-corrected chi connectivity index (χ0v) is 29.9. The van der Waals surface area contributed by atoms with Crippen LogP contribution in [0.3, 0.4) is 0 Å². The average Bonchev–Trinajstić information content (AvgIpc) is 3.51. The predicted molar refractivity (Wildman–Crippen MR) is 201 cm³/mol. The van der Waals surface area contributed by atoms with Gasteiger partial charge in [0.15, 0.2) is 5.78 Å². The minimum Gasteiger partial charge on any atom is -0.508 e. The number of phenols is 1. The molecule has 0 saturated carbocycles. The highest BCUT2D eigenvalue weighted by atomic mass is 32.1. The number of carbonyl (C=O) groups is 3. The Hall–Kier alpha value is -4.71. The van der Waals surface area contributed by atoms with Gasteiger partial charge >= 0.3 is 6.09 Å². The Bertz CT molecular complexity index is 1780. The minimum atomic E-state index is -0.693. The van der Waals surface area contributed by atoms with Gasteiger partial charge in [-0.3, -0.25) is 14.5 Å². The number of aromatic hydroxyl groups is 1. The Labute approximate surface area is 303 Å². The molecule has 4 N–H and O–H groups in total. The van der Waals surface area contributed by atoms with E-state index in [0.29, 0.717) is 55.0 Å². The van der Waals surface area contributed by atoms with Crippen molar-refractivity contribution in [3.63, 3.8) is 0 Å². The maximum Gasteiger partial charge on any atom is 0.412 e. The number of piperidine rings is 1. The molecule has 0 bridgehead atoms. The summed E-state index contributed by atoms with van der Waals surface area (Å²) in [4.78, 5) is 41.6. The Kier molecular flexibility index (Phi) is 14.0. The number of phenolic OH excluding ortho intramolecular Hbond substituents is 1. The monoisotopic (exact) mass is 713 g/mol. The molecule has 11 heteroatoms. The summed E-state index contributed by atoms with van der Waals surface area (Å²) in [6, 6.07) is 19.1. The van der Waals surface area contributed by atoms with Gasteiger partial charge in [-0.2, -0.15) is 0 Å². The molecular formula is C40H47N3O7S. The molecule has 1 aromatic heterocycles. The van der Waals surface area contributed by atoms with Gasteiger partial charge in [-0.15, -0.1) is 11.3 Å². The number of fused-ring (bicyclic) bond motifs is 1. The van der Waals surface area contributed by atoms with Crippen molar-refractivity contribution in [2.75, 3.05) is 39.3 Å². The van der Waals surface area contributed by atoms with E-state index in [9.17, 15) is 24.6 Å². The van der Waals surface area contributed by atoms with Gasteiger partial charge in [-0.1, -0.05) is 25.5 Å². The fraction of sp³-hybridized carbons (Fsp3) is 0.375. The molecule has 1 atom stereocenters. The summed E-state index contributed by atoms with van der Waals surface area (Å²) in [5.41, 5.74) is 1.83. The number of likely N-dealkylation sites (tertiary alicyclic amines) is 1. The van der Waals surface area contributed by atoms with Gasteiger partial charge in [-0.05, 0) is 117 Å². The summed E-state index contributed by atoms with van der Waals surface area (Å²) >= 11 is 1.40. The molecule has 3 aromatic carbocycles. The predicted octanol–water partition coefficient (Wildman–Crippen LogP) is 7.07. The summed E-state index contributed by atoms with van der Waals surface area (Å²) in [6.07, 6.45) is 8.02. The number of amides is 2. The second-order valence-corrected chi connectivity index (χ2v) is 13.6. The van der Waals surface area contributed by atoms with E-state index in [4.69, 9.17) is 9.47 Å². The van der Waals surface area contributed by atoms with Crippen molar-refractivity contribution in [1.82, 2.24) is 15.5 Å². The molecule has 0 aliphatic carbocycles. The quantitative estimate of drug-likeness (QED) is 0.0674. The summed E-state index contributed by atoms with van der Waals surface area (Å²) < 4.78 is 12.3. The molecule has 51 heavy (non-hydrogen) atoms. The molecule has 1 saturated heterocycles. The largest absolute Gasteiger partial charge is 0.508 e. The summed E-state index contributed by atoms with van der Waals surface area (Å²) in [7, 11) is 0. The third-order valence-corrected chi connectivity index (χ3v) is 9.92. The Balaban J connectivity index is 1.20. The maximum absolute atomic E-state index is 14.1. The lowest BCUT2D eigenvalue weighted by molar-refractivity contribution is -0.120. The fourth-order valence-electron chi connectivity index (χ4n) is 5.94. The van der Waals surface area contributed by atoms with E-state index >= 15 is 0 Å². The molecule has 2 amide bonds. The summed E-state index contributed by atoms with van der Waals surface area (Å²) in [5.74, 6) is 0.901. The molecule has 1 aliphatic heterocycles. The molecule has 2 heterocycles. The SMILES string of the molecule is CC/C=C\CC(=O)NCCC(O)CCNC(=O)Oc1ccc2c(C(=O)c3ccc(OCCN4CCCCC4)cc3)c(-c3ccc(O)cc3)sc2c1. The van der Waals surface area contributed by atoms with Gasteiger partial charge in [0.1, 0.15) is 23.9 Å². The smallest absolute Gasteiger partial charge is 0.412 e. The van der Waals surface area contributed by atoms with Crippen molar-refractivity contribution in [2.45, 2.75) is 58.0 Å². The standard InChI is InChI=1S/C40H47N3O7S/c1-2-3-5-8-36(46)41-21-19-31(45)20-22-42-40(48)50-33-17-18-34-35(27-33)51-39(29-9-13-30(44)14-10-29)37(34)38(47)28-11-15-32(16-12-28)49-26-25-43-23-6-4-7-24-43/h3,5,9-18,27,31,44-45H,2,4,6-8,19-26H2,1H3,(H,41,46)(H,42,48)/b5-3-. The van der Waals surface area contributed by atoms with Gasteiger partial charge in [0.2, 0.25) is 5.91 Å². The van der Waals surface area contributed by atoms with E-state index < -0.39 is 12.2 Å². The van der Waals surface area contributed by atoms with E-state index in [1.165, 1.54) is 30.6 Å². The maximum atomic E-state index is 14.1.